The van der Waals surface area contributed by atoms with E-state index in [1.807, 2.05) is 12.1 Å². The number of benzene rings is 2. The molecule has 0 spiro atoms. The average molecular weight is 659 g/mol. The molecule has 2 aromatic heterocycles. The van der Waals surface area contributed by atoms with Crippen molar-refractivity contribution in [1.82, 2.24) is 25.1 Å². The molecular formula is C37H49FN7O3. The highest BCUT2D eigenvalue weighted by molar-refractivity contribution is 5.93. The van der Waals surface area contributed by atoms with Gasteiger partial charge in [-0.05, 0) is 79.3 Å². The monoisotopic (exact) mass is 658 g/mol. The van der Waals surface area contributed by atoms with E-state index in [1.165, 1.54) is 31.3 Å². The number of anilines is 3. The van der Waals surface area contributed by atoms with Gasteiger partial charge in [-0.15, -0.1) is 0 Å². The number of fused-ring (bicyclic) bond motifs is 1. The summed E-state index contributed by atoms with van der Waals surface area (Å²) in [4.78, 5) is 23.9. The van der Waals surface area contributed by atoms with Gasteiger partial charge in [0.2, 0.25) is 5.91 Å². The summed E-state index contributed by atoms with van der Waals surface area (Å²) in [5.74, 6) is 3.90. The summed E-state index contributed by atoms with van der Waals surface area (Å²) in [7, 11) is 1.62. The lowest BCUT2D eigenvalue weighted by molar-refractivity contribution is -0.115. The Labute approximate surface area is 283 Å². The molecule has 5 rings (SSSR count). The van der Waals surface area contributed by atoms with E-state index in [9.17, 15) is 9.18 Å². The van der Waals surface area contributed by atoms with E-state index in [0.29, 0.717) is 52.6 Å². The van der Waals surface area contributed by atoms with E-state index < -0.39 is 5.82 Å². The molecule has 2 aromatic carbocycles. The number of rotatable bonds is 12. The van der Waals surface area contributed by atoms with Gasteiger partial charge in [-0.2, -0.15) is 5.10 Å². The Bertz CT molecular complexity index is 1670. The van der Waals surface area contributed by atoms with E-state index in [1.54, 1.807) is 31.2 Å². The van der Waals surface area contributed by atoms with Crippen molar-refractivity contribution in [2.75, 3.05) is 44.0 Å². The molecule has 257 valence electrons. The summed E-state index contributed by atoms with van der Waals surface area (Å²) in [5.41, 5.74) is 2.10. The van der Waals surface area contributed by atoms with Crippen molar-refractivity contribution < 1.29 is 18.7 Å². The fourth-order valence-corrected chi connectivity index (χ4v) is 7.28. The van der Waals surface area contributed by atoms with Crippen LogP contribution in [0.4, 0.5) is 21.7 Å². The van der Waals surface area contributed by atoms with E-state index >= 15 is 0 Å². The number of aromatic amines is 1. The fraction of sp³-hybridized carbons (Fsp3) is 0.486. The zero-order valence-electron chi connectivity index (χ0n) is 29.2. The van der Waals surface area contributed by atoms with Gasteiger partial charge in [0, 0.05) is 35.4 Å². The zero-order chi connectivity index (χ0) is 34.5. The number of carbonyl (C=O) groups is 1. The maximum Gasteiger partial charge on any atom is 0.230 e. The summed E-state index contributed by atoms with van der Waals surface area (Å²) in [6.45, 7) is 18.0. The van der Waals surface area contributed by atoms with Crippen LogP contribution in [0, 0.1) is 28.5 Å². The van der Waals surface area contributed by atoms with Crippen molar-refractivity contribution in [2.24, 2.45) is 16.7 Å². The van der Waals surface area contributed by atoms with Gasteiger partial charge in [-0.25, -0.2) is 14.4 Å². The minimum atomic E-state index is -0.417. The van der Waals surface area contributed by atoms with Gasteiger partial charge in [-0.1, -0.05) is 47.6 Å². The SMILES string of the molecule is COc1cc2c(Nc3cc(CC(=O)Nc4cccc(F)c4)[nH]n3)ncnc2cc1OCCCN1CCC([C](C(C)(C)C)C(C)(C)C)CC1. The number of piperidine rings is 1. The number of carbonyl (C=O) groups excluding carboxylic acids is 1. The molecule has 1 fully saturated rings. The Morgan fingerprint density at radius 3 is 2.46 bits per heavy atom. The highest BCUT2D eigenvalue weighted by Gasteiger charge is 2.41. The summed E-state index contributed by atoms with van der Waals surface area (Å²) in [6.07, 6.45) is 4.86. The lowest BCUT2D eigenvalue weighted by atomic mass is 9.59. The number of nitrogens with one attached hydrogen (secondary N) is 3. The molecule has 3 heterocycles. The number of nitrogens with zero attached hydrogens (tertiary/aromatic N) is 4. The van der Waals surface area contributed by atoms with Gasteiger partial charge in [0.05, 0.1) is 25.7 Å². The molecule has 0 saturated carbocycles. The molecule has 4 aromatic rings. The van der Waals surface area contributed by atoms with E-state index in [-0.39, 0.29) is 23.2 Å². The Morgan fingerprint density at radius 1 is 1.02 bits per heavy atom. The van der Waals surface area contributed by atoms with E-state index in [0.717, 1.165) is 31.4 Å². The van der Waals surface area contributed by atoms with E-state index in [4.69, 9.17) is 9.47 Å². The molecule has 1 saturated heterocycles. The fourth-order valence-electron chi connectivity index (χ4n) is 7.28. The van der Waals surface area contributed by atoms with Crippen LogP contribution < -0.4 is 20.1 Å². The second-order valence-corrected chi connectivity index (χ2v) is 14.6. The summed E-state index contributed by atoms with van der Waals surface area (Å²) < 4.78 is 25.3. The van der Waals surface area contributed by atoms with Gasteiger partial charge in [0.1, 0.15) is 18.0 Å². The van der Waals surface area contributed by atoms with Crippen LogP contribution in [-0.2, 0) is 11.2 Å². The first-order valence-corrected chi connectivity index (χ1v) is 16.7. The Balaban J connectivity index is 1.14. The number of hydrogen-bond acceptors (Lipinski definition) is 8. The predicted molar refractivity (Wildman–Crippen MR) is 188 cm³/mol. The number of hydrogen-bond donors (Lipinski definition) is 3. The summed E-state index contributed by atoms with van der Waals surface area (Å²) >= 11 is 0. The van der Waals surface area contributed by atoms with Crippen LogP contribution in [0.5, 0.6) is 11.5 Å². The summed E-state index contributed by atoms with van der Waals surface area (Å²) in [6, 6.07) is 11.2. The lowest BCUT2D eigenvalue weighted by Gasteiger charge is -2.48. The molecule has 0 bridgehead atoms. The number of aromatic nitrogens is 4. The largest absolute Gasteiger partial charge is 0.493 e. The second-order valence-electron chi connectivity index (χ2n) is 14.6. The van der Waals surface area contributed by atoms with Crippen LogP contribution in [0.15, 0.2) is 48.8 Å². The van der Waals surface area contributed by atoms with Crippen molar-refractivity contribution in [3.8, 4) is 11.5 Å². The first-order valence-electron chi connectivity index (χ1n) is 16.7. The third kappa shape index (κ3) is 9.00. The van der Waals surface area contributed by atoms with Crippen LogP contribution in [-0.4, -0.2) is 64.3 Å². The normalized spacial score (nSPS) is 14.8. The van der Waals surface area contributed by atoms with Crippen LogP contribution in [0.2, 0.25) is 0 Å². The number of likely N-dealkylation sites (tertiary alicyclic amines) is 1. The Kier molecular flexibility index (Phi) is 10.9. The molecule has 48 heavy (non-hydrogen) atoms. The van der Waals surface area contributed by atoms with Crippen LogP contribution in [0.3, 0.4) is 0 Å². The molecular weight excluding hydrogens is 609 g/mol. The first kappa shape index (κ1) is 35.1. The molecule has 0 aliphatic carbocycles. The zero-order valence-corrected chi connectivity index (χ0v) is 29.2. The minimum absolute atomic E-state index is 0.0381. The van der Waals surface area contributed by atoms with Crippen LogP contribution >= 0.6 is 0 Å². The number of H-pyrrole nitrogens is 1. The van der Waals surface area contributed by atoms with Crippen molar-refractivity contribution >= 4 is 34.1 Å². The lowest BCUT2D eigenvalue weighted by Crippen LogP contribution is -2.43. The Hall–Kier alpha value is -4.25. The van der Waals surface area contributed by atoms with Crippen LogP contribution in [0.25, 0.3) is 10.9 Å². The maximum absolute atomic E-state index is 13.4. The van der Waals surface area contributed by atoms with Gasteiger partial charge in [-0.3, -0.25) is 9.89 Å². The number of amides is 1. The van der Waals surface area contributed by atoms with Crippen molar-refractivity contribution in [3.05, 3.63) is 66.2 Å². The third-order valence-electron chi connectivity index (χ3n) is 8.75. The van der Waals surface area contributed by atoms with Gasteiger partial charge >= 0.3 is 0 Å². The number of ether oxygens (including phenoxy) is 2. The van der Waals surface area contributed by atoms with Crippen LogP contribution in [0.1, 0.15) is 66.5 Å². The molecule has 1 radical (unpaired) electrons. The quantitative estimate of drug-likeness (QED) is 0.134. The van der Waals surface area contributed by atoms with Gasteiger partial charge in [0.25, 0.3) is 0 Å². The second kappa shape index (κ2) is 14.9. The standard InChI is InChI=1S/C37H49FN7O3/c1-36(2,3)34(37(4,5)6)24-12-15-45(16-13-24)14-9-17-48-31-22-29-28(21-30(31)47-7)35(40-23-39-29)42-32-19-27(43-44-32)20-33(46)41-26-11-8-10-25(38)18-26/h8,10-11,18-19,21-24H,9,12-17,20H2,1-7H3,(H,41,46)(H2,39,40,42,43,44). The molecule has 1 aliphatic rings. The van der Waals surface area contributed by atoms with Crippen molar-refractivity contribution in [3.63, 3.8) is 0 Å². The Morgan fingerprint density at radius 2 is 1.77 bits per heavy atom. The predicted octanol–water partition coefficient (Wildman–Crippen LogP) is 7.57. The third-order valence-corrected chi connectivity index (χ3v) is 8.75. The average Bonchev–Trinajstić information content (AvgIpc) is 3.44. The van der Waals surface area contributed by atoms with E-state index in [2.05, 4.69) is 77.2 Å². The smallest absolute Gasteiger partial charge is 0.230 e. The summed E-state index contributed by atoms with van der Waals surface area (Å²) in [5, 5.41) is 13.8. The number of halogens is 1. The highest BCUT2D eigenvalue weighted by atomic mass is 19.1. The van der Waals surface area contributed by atoms with Crippen molar-refractivity contribution in [2.45, 2.75) is 67.2 Å². The molecule has 0 unspecified atom stereocenters. The maximum atomic E-state index is 13.4. The molecule has 3 N–H and O–H groups in total. The van der Waals surface area contributed by atoms with Crippen molar-refractivity contribution in [1.29, 1.82) is 0 Å². The molecule has 10 nitrogen and oxygen atoms in total. The number of methoxy groups -OCH3 is 1. The minimum Gasteiger partial charge on any atom is -0.493 e. The topological polar surface area (TPSA) is 117 Å². The van der Waals surface area contributed by atoms with Gasteiger partial charge < -0.3 is 25.0 Å². The van der Waals surface area contributed by atoms with Gasteiger partial charge in [0.15, 0.2) is 17.3 Å². The molecule has 1 aliphatic heterocycles. The first-order chi connectivity index (χ1) is 22.8. The highest BCUT2D eigenvalue weighted by Crippen LogP contribution is 2.49. The molecule has 11 heteroatoms. The molecule has 0 atom stereocenters. The molecule has 1 amide bonds.